The number of hydrogen-bond donors (Lipinski definition) is 2. The lowest BCUT2D eigenvalue weighted by molar-refractivity contribution is 0.0475. The van der Waals surface area contributed by atoms with E-state index in [-0.39, 0.29) is 24.0 Å². The Bertz CT molecular complexity index is 933. The quantitative estimate of drug-likeness (QED) is 0.341. The van der Waals surface area contributed by atoms with Crippen LogP contribution in [0.25, 0.3) is 0 Å². The molecule has 0 saturated carbocycles. The van der Waals surface area contributed by atoms with Gasteiger partial charge in [-0.15, -0.1) is 0 Å². The third-order valence-electron chi connectivity index (χ3n) is 4.75. The monoisotopic (exact) mass is 429 g/mol. The Morgan fingerprint density at radius 3 is 2.48 bits per heavy atom. The van der Waals surface area contributed by atoms with E-state index in [1.54, 1.807) is 31.4 Å². The molecule has 1 aromatic carbocycles. The summed E-state index contributed by atoms with van der Waals surface area (Å²) in [5.41, 5.74) is 2.83. The lowest BCUT2D eigenvalue weighted by Gasteiger charge is -2.13. The fraction of sp³-hybridized carbons (Fsp3) is 0.435. The summed E-state index contributed by atoms with van der Waals surface area (Å²) in [6, 6.07) is 7.84. The van der Waals surface area contributed by atoms with Crippen LogP contribution < -0.4 is 10.6 Å². The Hall–Kier alpha value is -3.13. The summed E-state index contributed by atoms with van der Waals surface area (Å²) in [6.07, 6.45) is 0.837. The number of ketones is 1. The van der Waals surface area contributed by atoms with Gasteiger partial charge in [-0.25, -0.2) is 9.59 Å². The predicted molar refractivity (Wildman–Crippen MR) is 119 cm³/mol. The van der Waals surface area contributed by atoms with Crippen LogP contribution in [0, 0.1) is 13.8 Å². The molecule has 1 aromatic heterocycles. The molecule has 168 valence electrons. The third kappa shape index (κ3) is 6.68. The molecule has 0 unspecified atom stereocenters. The Kier molecular flexibility index (Phi) is 8.81. The number of nitrogens with one attached hydrogen (secondary N) is 2. The molecular weight excluding hydrogens is 398 g/mol. The largest absolute Gasteiger partial charge is 0.454 e. The molecule has 0 bridgehead atoms. The predicted octanol–water partition coefficient (Wildman–Crippen LogP) is 3.71. The van der Waals surface area contributed by atoms with Crippen molar-refractivity contribution in [3.63, 3.8) is 0 Å². The summed E-state index contributed by atoms with van der Waals surface area (Å²) < 4.78 is 12.4. The van der Waals surface area contributed by atoms with Gasteiger partial charge in [0.15, 0.2) is 6.61 Å². The first-order valence-corrected chi connectivity index (χ1v) is 10.3. The number of Topliss-reactive ketones (excluding diaryl/α,β-unsaturated/α-hetero) is 1. The van der Waals surface area contributed by atoms with Crippen LogP contribution >= 0.6 is 0 Å². The van der Waals surface area contributed by atoms with Gasteiger partial charge in [0.1, 0.15) is 0 Å². The van der Waals surface area contributed by atoms with E-state index in [0.717, 1.165) is 24.4 Å². The number of ether oxygens (including phenoxy) is 2. The van der Waals surface area contributed by atoms with E-state index in [0.29, 0.717) is 17.9 Å². The van der Waals surface area contributed by atoms with Crippen LogP contribution in [0.5, 0.6) is 0 Å². The van der Waals surface area contributed by atoms with Crippen molar-refractivity contribution in [1.82, 2.24) is 9.88 Å². The van der Waals surface area contributed by atoms with Gasteiger partial charge >= 0.3 is 12.0 Å². The number of para-hydroxylation sites is 1. The second kappa shape index (κ2) is 11.3. The molecule has 1 heterocycles. The highest BCUT2D eigenvalue weighted by Gasteiger charge is 2.19. The zero-order valence-electron chi connectivity index (χ0n) is 18.8. The van der Waals surface area contributed by atoms with Gasteiger partial charge in [0, 0.05) is 43.3 Å². The molecule has 0 atom stereocenters. The Labute approximate surface area is 182 Å². The molecular formula is C23H31N3O5. The molecule has 2 N–H and O–H groups in total. The number of esters is 1. The van der Waals surface area contributed by atoms with Crippen LogP contribution in [-0.4, -0.2) is 48.7 Å². The molecule has 0 spiro atoms. The van der Waals surface area contributed by atoms with Gasteiger partial charge in [-0.05, 0) is 52.3 Å². The Balaban J connectivity index is 2.04. The molecule has 0 radical (unpaired) electrons. The number of carbonyl (C=O) groups excluding carboxylic acids is 3. The van der Waals surface area contributed by atoms with Crippen molar-refractivity contribution in [2.24, 2.45) is 0 Å². The molecule has 31 heavy (non-hydrogen) atoms. The number of amides is 2. The first kappa shape index (κ1) is 24.1. The second-order valence-electron chi connectivity index (χ2n) is 7.58. The molecule has 2 amide bonds. The molecule has 0 saturated heterocycles. The van der Waals surface area contributed by atoms with E-state index in [4.69, 9.17) is 9.47 Å². The van der Waals surface area contributed by atoms with E-state index in [2.05, 4.69) is 15.2 Å². The van der Waals surface area contributed by atoms with Crippen LogP contribution in [0.2, 0.25) is 0 Å². The van der Waals surface area contributed by atoms with Crippen molar-refractivity contribution in [2.45, 2.75) is 46.7 Å². The Morgan fingerprint density at radius 1 is 1.10 bits per heavy atom. The van der Waals surface area contributed by atoms with E-state index in [1.807, 2.05) is 33.8 Å². The van der Waals surface area contributed by atoms with E-state index >= 15 is 0 Å². The van der Waals surface area contributed by atoms with Crippen molar-refractivity contribution in [3.8, 4) is 0 Å². The smallest absolute Gasteiger partial charge is 0.340 e. The van der Waals surface area contributed by atoms with Crippen molar-refractivity contribution in [2.75, 3.05) is 25.6 Å². The molecule has 0 aliphatic rings. The number of rotatable bonds is 10. The van der Waals surface area contributed by atoms with Crippen LogP contribution in [0.15, 0.2) is 30.3 Å². The van der Waals surface area contributed by atoms with Crippen molar-refractivity contribution >= 4 is 23.5 Å². The number of nitrogens with zero attached hydrogens (tertiary/aromatic N) is 1. The fourth-order valence-corrected chi connectivity index (χ4v) is 3.27. The maximum atomic E-state index is 12.7. The zero-order valence-corrected chi connectivity index (χ0v) is 18.8. The number of aryl methyl sites for hydroxylation is 1. The number of hydrogen-bond acceptors (Lipinski definition) is 5. The van der Waals surface area contributed by atoms with Crippen LogP contribution in [0.1, 0.15) is 52.4 Å². The molecule has 0 aliphatic carbocycles. The number of methoxy groups -OCH3 is 1. The average Bonchev–Trinajstić information content (AvgIpc) is 3.00. The van der Waals surface area contributed by atoms with Gasteiger partial charge in [-0.3, -0.25) is 4.79 Å². The third-order valence-corrected chi connectivity index (χ3v) is 4.75. The van der Waals surface area contributed by atoms with Crippen molar-refractivity contribution < 1.29 is 23.9 Å². The van der Waals surface area contributed by atoms with Gasteiger partial charge in [0.2, 0.25) is 5.78 Å². The maximum absolute atomic E-state index is 12.7. The average molecular weight is 430 g/mol. The minimum atomic E-state index is -0.678. The second-order valence-corrected chi connectivity index (χ2v) is 7.58. The minimum absolute atomic E-state index is 0.0507. The van der Waals surface area contributed by atoms with Gasteiger partial charge in [0.25, 0.3) is 0 Å². The molecule has 8 nitrogen and oxygen atoms in total. The molecule has 0 fully saturated rings. The Morgan fingerprint density at radius 2 is 1.81 bits per heavy atom. The molecule has 8 heteroatoms. The number of aromatic nitrogens is 1. The standard InChI is InChI=1S/C23H31N3O5/c1-15(2)24-23(29)25-20-10-7-6-9-18(20)22(28)31-14-21(27)19-13-16(3)26(17(19)4)11-8-12-30-5/h6-7,9-10,13,15H,8,11-12,14H2,1-5H3,(H2,24,25,29). The number of benzene rings is 1. The topological polar surface area (TPSA) is 98.7 Å². The van der Waals surface area contributed by atoms with Crippen LogP contribution in [0.4, 0.5) is 10.5 Å². The maximum Gasteiger partial charge on any atom is 0.340 e. The number of urea groups is 1. The van der Waals surface area contributed by atoms with Crippen molar-refractivity contribution in [3.05, 3.63) is 52.8 Å². The lowest BCUT2D eigenvalue weighted by Crippen LogP contribution is -2.34. The van der Waals surface area contributed by atoms with E-state index < -0.39 is 12.0 Å². The highest BCUT2D eigenvalue weighted by molar-refractivity contribution is 6.03. The summed E-state index contributed by atoms with van der Waals surface area (Å²) in [5, 5.41) is 5.33. The highest BCUT2D eigenvalue weighted by atomic mass is 16.5. The van der Waals surface area contributed by atoms with Gasteiger partial charge in [-0.1, -0.05) is 12.1 Å². The van der Waals surface area contributed by atoms with Crippen LogP contribution in [0.3, 0.4) is 0 Å². The van der Waals surface area contributed by atoms with E-state index in [9.17, 15) is 14.4 Å². The molecule has 2 aromatic rings. The lowest BCUT2D eigenvalue weighted by atomic mass is 10.1. The molecule has 0 aliphatic heterocycles. The SMILES string of the molecule is COCCCn1c(C)cc(C(=O)COC(=O)c2ccccc2NC(=O)NC(C)C)c1C. The zero-order chi connectivity index (χ0) is 23.0. The summed E-state index contributed by atoms with van der Waals surface area (Å²) in [4.78, 5) is 37.2. The summed E-state index contributed by atoms with van der Waals surface area (Å²) in [7, 11) is 1.66. The van der Waals surface area contributed by atoms with Gasteiger partial charge in [-0.2, -0.15) is 0 Å². The highest BCUT2D eigenvalue weighted by Crippen LogP contribution is 2.19. The summed E-state index contributed by atoms with van der Waals surface area (Å²) in [5.74, 6) is -0.954. The summed E-state index contributed by atoms with van der Waals surface area (Å²) in [6.45, 7) is 8.48. The normalized spacial score (nSPS) is 10.8. The van der Waals surface area contributed by atoms with Gasteiger partial charge < -0.3 is 24.7 Å². The summed E-state index contributed by atoms with van der Waals surface area (Å²) >= 11 is 0. The van der Waals surface area contributed by atoms with Gasteiger partial charge in [0.05, 0.1) is 11.3 Å². The van der Waals surface area contributed by atoms with Crippen molar-refractivity contribution in [1.29, 1.82) is 0 Å². The first-order valence-electron chi connectivity index (χ1n) is 10.3. The number of carbonyl (C=O) groups is 3. The number of anilines is 1. The van der Waals surface area contributed by atoms with E-state index in [1.165, 1.54) is 0 Å². The minimum Gasteiger partial charge on any atom is -0.454 e. The first-order chi connectivity index (χ1) is 14.7. The van der Waals surface area contributed by atoms with Crippen LogP contribution in [-0.2, 0) is 16.0 Å². The molecule has 2 rings (SSSR count). The fourth-order valence-electron chi connectivity index (χ4n) is 3.27.